The van der Waals surface area contributed by atoms with E-state index in [1.807, 2.05) is 48.5 Å². The van der Waals surface area contributed by atoms with Crippen LogP contribution in [0.15, 0.2) is 108 Å². The average molecular weight is 779 g/mol. The van der Waals surface area contributed by atoms with Crippen LogP contribution in [-0.2, 0) is 21.0 Å². The summed E-state index contributed by atoms with van der Waals surface area (Å²) in [6.45, 7) is 1.59. The Labute approximate surface area is 285 Å². The molecule has 1 aromatic heterocycles. The molecule has 19 heteroatoms. The van der Waals surface area contributed by atoms with E-state index in [1.54, 1.807) is 44.2 Å². The Bertz CT molecular complexity index is 1780. The van der Waals surface area contributed by atoms with E-state index in [2.05, 4.69) is 36.4 Å². The van der Waals surface area contributed by atoms with Crippen molar-refractivity contribution in [1.82, 2.24) is 0 Å². The van der Waals surface area contributed by atoms with E-state index < -0.39 is 33.4 Å². The zero-order valence-corrected chi connectivity index (χ0v) is 28.3. The second kappa shape index (κ2) is 15.2. The molecule has 0 aliphatic carbocycles. The SMILES string of the molecule is COc1ccc([S+](c2ccc(OC)cc2)c2ccc(Sc3ccc(C(C)=O)cc3)s2)cc1.O=S(=O)([O-])C(F)(F)C(F)(F)C(F)(F)C(F)(F)F. The van der Waals surface area contributed by atoms with E-state index >= 15 is 0 Å². The van der Waals surface area contributed by atoms with Gasteiger partial charge < -0.3 is 14.0 Å². The smallest absolute Gasteiger partial charge is 0.460 e. The third-order valence-corrected chi connectivity index (χ3v) is 11.9. The minimum absolute atomic E-state index is 0.0861. The van der Waals surface area contributed by atoms with Gasteiger partial charge >= 0.3 is 23.3 Å². The highest BCUT2D eigenvalue weighted by molar-refractivity contribution is 8.02. The third-order valence-electron chi connectivity index (χ3n) is 6.26. The number of Topliss-reactive ketones (excluding diaryl/α,β-unsaturated/α-hetero) is 1. The minimum Gasteiger partial charge on any atom is -0.743 e. The van der Waals surface area contributed by atoms with Crippen molar-refractivity contribution >= 4 is 49.9 Å². The number of hydrogen-bond donors (Lipinski definition) is 0. The van der Waals surface area contributed by atoms with Gasteiger partial charge in [-0.2, -0.15) is 39.5 Å². The second-order valence-electron chi connectivity index (χ2n) is 9.53. The van der Waals surface area contributed by atoms with Gasteiger partial charge in [0.25, 0.3) is 0 Å². The Balaban J connectivity index is 0.000000326. The highest BCUT2D eigenvalue weighted by atomic mass is 32.2. The number of halogens is 9. The molecule has 0 saturated carbocycles. The zero-order valence-electron chi connectivity index (χ0n) is 25.1. The molecule has 6 nitrogen and oxygen atoms in total. The maximum absolute atomic E-state index is 12.2. The number of rotatable bonds is 11. The predicted molar refractivity (Wildman–Crippen MR) is 164 cm³/mol. The first kappa shape index (κ1) is 40.0. The van der Waals surface area contributed by atoms with E-state index in [0.717, 1.165) is 22.0 Å². The van der Waals surface area contributed by atoms with Crippen LogP contribution in [0.3, 0.4) is 0 Å². The molecule has 49 heavy (non-hydrogen) atoms. The largest absolute Gasteiger partial charge is 0.743 e. The van der Waals surface area contributed by atoms with E-state index in [-0.39, 0.29) is 16.7 Å². The van der Waals surface area contributed by atoms with Crippen molar-refractivity contribution in [3.05, 3.63) is 90.5 Å². The van der Waals surface area contributed by atoms with Gasteiger partial charge in [-0.05, 0) is 73.7 Å². The lowest BCUT2D eigenvalue weighted by atomic mass is 10.1. The van der Waals surface area contributed by atoms with Gasteiger partial charge in [-0.1, -0.05) is 35.2 Å². The Hall–Kier alpha value is -3.39. The van der Waals surface area contributed by atoms with Crippen molar-refractivity contribution in [2.75, 3.05) is 14.2 Å². The first-order valence-corrected chi connectivity index (χ1v) is 17.4. The van der Waals surface area contributed by atoms with E-state index in [4.69, 9.17) is 9.47 Å². The highest BCUT2D eigenvalue weighted by Crippen LogP contribution is 2.54. The van der Waals surface area contributed by atoms with Crippen molar-refractivity contribution in [3.63, 3.8) is 0 Å². The van der Waals surface area contributed by atoms with Gasteiger partial charge in [0.1, 0.15) is 22.4 Å². The summed E-state index contributed by atoms with van der Waals surface area (Å²) in [7, 11) is -4.28. The molecule has 0 unspecified atom stereocenters. The summed E-state index contributed by atoms with van der Waals surface area (Å²) in [6, 6.07) is 28.8. The number of ether oxygens (including phenoxy) is 2. The molecule has 0 atom stereocenters. The molecule has 4 aromatic rings. The molecule has 0 N–H and O–H groups in total. The van der Waals surface area contributed by atoms with Crippen LogP contribution in [0.5, 0.6) is 11.5 Å². The van der Waals surface area contributed by atoms with Crippen LogP contribution in [0.1, 0.15) is 17.3 Å². The molecule has 0 radical (unpaired) electrons. The van der Waals surface area contributed by atoms with Crippen LogP contribution < -0.4 is 9.47 Å². The predicted octanol–water partition coefficient (Wildman–Crippen LogP) is 9.17. The van der Waals surface area contributed by atoms with Crippen LogP contribution in [0, 0.1) is 0 Å². The van der Waals surface area contributed by atoms with Gasteiger partial charge in [0.15, 0.2) is 25.7 Å². The summed E-state index contributed by atoms with van der Waals surface area (Å²) in [4.78, 5) is 15.1. The van der Waals surface area contributed by atoms with Crippen molar-refractivity contribution in [2.24, 2.45) is 0 Å². The summed E-state index contributed by atoms with van der Waals surface area (Å²) in [5.74, 6) is -13.0. The van der Waals surface area contributed by atoms with Crippen molar-refractivity contribution in [2.45, 2.75) is 53.3 Å². The molecule has 266 valence electrons. The molecular weight excluding hydrogens is 756 g/mol. The van der Waals surface area contributed by atoms with Crippen LogP contribution in [-0.4, -0.2) is 56.2 Å². The molecule has 1 heterocycles. The lowest BCUT2D eigenvalue weighted by molar-refractivity contribution is -0.382. The number of alkyl halides is 9. The number of hydrogen-bond acceptors (Lipinski definition) is 8. The average Bonchev–Trinajstić information content (AvgIpc) is 3.48. The standard InChI is InChI=1S/C26H23O3S3.C4HF9O3S/c1-18(27)19-4-10-22(11-5-19)30-25-16-17-26(31-25)32(23-12-6-20(28-2)7-13-23)24-14-8-21(29-3)9-15-24;5-1(6,3(9,10)11)2(7,8)4(12,13)17(14,15)16/h4-17H,1-3H3;(H,14,15,16)/q+1;/p-1. The fourth-order valence-electron chi connectivity index (χ4n) is 3.65. The first-order chi connectivity index (χ1) is 22.6. The van der Waals surface area contributed by atoms with Crippen molar-refractivity contribution < 1.29 is 66.8 Å². The number of carbonyl (C=O) groups excluding carboxylic acids is 1. The lowest BCUT2D eigenvalue weighted by Crippen LogP contribution is -2.63. The van der Waals surface area contributed by atoms with Crippen LogP contribution >= 0.6 is 23.1 Å². The van der Waals surface area contributed by atoms with Crippen molar-refractivity contribution in [1.29, 1.82) is 0 Å². The fourth-order valence-corrected chi connectivity index (χ4v) is 9.02. The molecule has 0 saturated heterocycles. The quantitative estimate of drug-likeness (QED) is 0.0649. The molecule has 4 rings (SSSR count). The number of benzene rings is 3. The van der Waals surface area contributed by atoms with Crippen LogP contribution in [0.4, 0.5) is 39.5 Å². The Morgan fingerprint density at radius 2 is 1.16 bits per heavy atom. The summed E-state index contributed by atoms with van der Waals surface area (Å²) >= 11 is 3.52. The molecule has 0 aliphatic rings. The van der Waals surface area contributed by atoms with Crippen molar-refractivity contribution in [3.8, 4) is 11.5 Å². The normalized spacial score (nSPS) is 12.7. The first-order valence-electron chi connectivity index (χ1n) is 13.1. The summed E-state index contributed by atoms with van der Waals surface area (Å²) in [6.07, 6.45) is -7.16. The van der Waals surface area contributed by atoms with Crippen LogP contribution in [0.2, 0.25) is 0 Å². The summed E-state index contributed by atoms with van der Waals surface area (Å²) < 4.78 is 149. The molecule has 0 fully saturated rings. The number of thiophene rings is 1. The van der Waals surface area contributed by atoms with E-state index in [1.165, 1.54) is 18.2 Å². The topological polar surface area (TPSA) is 92.7 Å². The molecule has 0 spiro atoms. The fraction of sp³-hybridized carbons (Fsp3) is 0.233. The Morgan fingerprint density at radius 3 is 1.53 bits per heavy atom. The van der Waals surface area contributed by atoms with E-state index in [9.17, 15) is 57.3 Å². The van der Waals surface area contributed by atoms with Gasteiger partial charge in [-0.3, -0.25) is 4.79 Å². The Kier molecular flexibility index (Phi) is 12.5. The van der Waals surface area contributed by atoms with Gasteiger partial charge in [0, 0.05) is 16.5 Å². The summed E-state index contributed by atoms with van der Waals surface area (Å²) in [5.41, 5.74) is 0.738. The molecule has 0 amide bonds. The van der Waals surface area contributed by atoms with Gasteiger partial charge in [0.05, 0.1) is 18.4 Å². The monoisotopic (exact) mass is 778 g/mol. The number of methoxy groups -OCH3 is 2. The van der Waals surface area contributed by atoms with Crippen LogP contribution in [0.25, 0.3) is 0 Å². The number of ketones is 1. The molecule has 3 aromatic carbocycles. The zero-order chi connectivity index (χ0) is 37.0. The Morgan fingerprint density at radius 1 is 0.714 bits per heavy atom. The maximum Gasteiger partial charge on any atom is 0.460 e. The lowest BCUT2D eigenvalue weighted by Gasteiger charge is -2.34. The highest BCUT2D eigenvalue weighted by Gasteiger charge is 2.83. The second-order valence-corrected chi connectivity index (χ2v) is 15.7. The maximum atomic E-state index is 12.2. The van der Waals surface area contributed by atoms with Gasteiger partial charge in [-0.25, -0.2) is 8.42 Å². The molecular formula is C30H23F9O6S4. The van der Waals surface area contributed by atoms with Gasteiger partial charge in [0.2, 0.25) is 4.21 Å². The number of carbonyl (C=O) groups is 1. The third kappa shape index (κ3) is 8.86. The molecule has 0 aliphatic heterocycles. The van der Waals surface area contributed by atoms with Gasteiger partial charge in [-0.15, -0.1) is 0 Å². The van der Waals surface area contributed by atoms with E-state index in [0.29, 0.717) is 0 Å². The summed E-state index contributed by atoms with van der Waals surface area (Å²) in [5, 5.41) is -7.11. The molecule has 0 bridgehead atoms. The minimum atomic E-state index is -7.43.